The number of ketones is 1. The molecule has 3 aliphatic heterocycles. The van der Waals surface area contributed by atoms with Gasteiger partial charge in [0.05, 0.1) is 37.5 Å². The molecule has 3 aromatic heterocycles. The lowest BCUT2D eigenvalue weighted by Gasteiger charge is -2.21. The van der Waals surface area contributed by atoms with Crippen LogP contribution >= 0.6 is 0 Å². The van der Waals surface area contributed by atoms with Gasteiger partial charge in [0.25, 0.3) is 0 Å². The van der Waals surface area contributed by atoms with Crippen LogP contribution in [0.1, 0.15) is 132 Å². The van der Waals surface area contributed by atoms with Gasteiger partial charge in [-0.15, -0.1) is 0 Å². The van der Waals surface area contributed by atoms with Crippen LogP contribution in [0.3, 0.4) is 0 Å². The molecule has 4 aliphatic rings. The van der Waals surface area contributed by atoms with Crippen molar-refractivity contribution in [1.29, 1.82) is 0 Å². The van der Waals surface area contributed by atoms with Crippen molar-refractivity contribution in [1.82, 2.24) is 19.9 Å². The highest BCUT2D eigenvalue weighted by atomic mass is 16.5. The largest absolute Gasteiger partial charge is 0.487 e. The van der Waals surface area contributed by atoms with Crippen LogP contribution in [-0.4, -0.2) is 94.9 Å². The molecular formula is C62H67N7O8. The van der Waals surface area contributed by atoms with E-state index in [0.717, 1.165) is 96.3 Å². The second-order valence-corrected chi connectivity index (χ2v) is 20.5. The SMILES string of the molecule is CCC1=C(C)C2Cc3[nH]c(c(C)c3C(C)OCc3cccc(C#Cc4cccc(Nc5ncnc6cc(OCCOC)c(OCCOC)cc56)c4)c3)C=C3N=C(C4CC(=O)c5c4[nH]c(c5C)CC1=N2)[C@@H](CCC(=O)O)[C@@H]3C. The maximum atomic E-state index is 13.8. The number of carbonyl (C=O) groups is 2. The summed E-state index contributed by atoms with van der Waals surface area (Å²) in [4.78, 5) is 53.2. The number of aliphatic imine (C=N–C) groups is 2. The number of H-pyrrole nitrogens is 2. The van der Waals surface area contributed by atoms with E-state index in [9.17, 15) is 14.7 Å². The number of Topliss-reactive ketones (excluding diaryl/α,β-unsaturated/α-hetero) is 1. The zero-order valence-corrected chi connectivity index (χ0v) is 45.2. The first-order valence-corrected chi connectivity index (χ1v) is 26.7. The molecule has 0 spiro atoms. The van der Waals surface area contributed by atoms with E-state index in [0.29, 0.717) is 81.6 Å². The molecule has 10 rings (SSSR count). The maximum absolute atomic E-state index is 13.8. The van der Waals surface area contributed by atoms with Gasteiger partial charge in [0.1, 0.15) is 25.4 Å². The summed E-state index contributed by atoms with van der Waals surface area (Å²) < 4.78 is 29.2. The first kappa shape index (κ1) is 52.8. The number of methoxy groups -OCH3 is 2. The number of fused-ring (bicyclic) bond motifs is 7. The Balaban J connectivity index is 0.898. The predicted molar refractivity (Wildman–Crippen MR) is 299 cm³/mol. The van der Waals surface area contributed by atoms with E-state index in [1.807, 2.05) is 55.5 Å². The minimum Gasteiger partial charge on any atom is -0.487 e. The molecule has 5 atom stereocenters. The fraction of sp³-hybridized carbons (Fsp3) is 0.387. The lowest BCUT2D eigenvalue weighted by Crippen LogP contribution is -2.23. The van der Waals surface area contributed by atoms with Gasteiger partial charge in [-0.1, -0.05) is 43.9 Å². The van der Waals surface area contributed by atoms with Crippen molar-refractivity contribution in [2.45, 2.75) is 105 Å². The average molecular weight is 1040 g/mol. The Morgan fingerprint density at radius 2 is 1.64 bits per heavy atom. The quantitative estimate of drug-likeness (QED) is 0.0472. The molecule has 0 radical (unpaired) electrons. The minimum atomic E-state index is -0.840. The van der Waals surface area contributed by atoms with Crippen molar-refractivity contribution in [3.8, 4) is 23.3 Å². The number of aromatic amines is 2. The van der Waals surface area contributed by atoms with E-state index < -0.39 is 5.97 Å². The number of hydrogen-bond acceptors (Lipinski definition) is 12. The summed E-state index contributed by atoms with van der Waals surface area (Å²) in [5.41, 5.74) is 17.4. The van der Waals surface area contributed by atoms with E-state index in [4.69, 9.17) is 33.7 Å². The fourth-order valence-corrected chi connectivity index (χ4v) is 11.6. The first-order valence-electron chi connectivity index (χ1n) is 26.7. The van der Waals surface area contributed by atoms with Crippen molar-refractivity contribution in [2.24, 2.45) is 21.8 Å². The zero-order valence-electron chi connectivity index (χ0n) is 45.2. The molecule has 1 aliphatic carbocycles. The van der Waals surface area contributed by atoms with E-state index in [-0.39, 0.29) is 42.1 Å². The maximum Gasteiger partial charge on any atom is 0.303 e. The van der Waals surface area contributed by atoms with Crippen LogP contribution in [0, 0.1) is 37.5 Å². The molecule has 4 N–H and O–H groups in total. The van der Waals surface area contributed by atoms with Crippen molar-refractivity contribution >= 4 is 51.7 Å². The number of nitrogens with zero attached hydrogens (tertiary/aromatic N) is 4. The topological polar surface area (TPSA) is 195 Å². The number of hydrogen-bond donors (Lipinski definition) is 4. The molecule has 0 saturated carbocycles. The van der Waals surface area contributed by atoms with Crippen molar-refractivity contribution < 1.29 is 38.4 Å². The molecule has 0 saturated heterocycles. The Hall–Kier alpha value is -7.64. The monoisotopic (exact) mass is 1040 g/mol. The minimum absolute atomic E-state index is 0.0233. The van der Waals surface area contributed by atoms with Gasteiger partial charge in [-0.05, 0) is 111 Å². The number of nitrogens with one attached hydrogen (secondary N) is 3. The molecule has 6 aromatic rings. The standard InChI is InChI=1S/C62H67N7O8/c1-9-43-34(2)47-30-53-58(36(4)49(67-53)28-48-35(3)44(18-19-57(71)72)60(68-48)46-26-54(70)59-37(5)50(69-61(46)59)29-52(43)66-47)38(6)77-32-41-14-10-12-39(24-41)16-17-40-13-11-15-42(25-40)65-62-45-27-55(75-22-20-73-7)56(76-23-21-74-8)31-51(45)63-33-64-62/h10-15,24-25,27-28,31,33,35,38,44,46-47,67,69H,9,18-23,26,29-30,32H2,1-8H3,(H,71,72)(H,63,64,65)/t35-,38?,44-,46?,47?/m0/s1. The molecule has 0 fully saturated rings. The molecule has 6 heterocycles. The summed E-state index contributed by atoms with van der Waals surface area (Å²) in [6, 6.07) is 19.7. The normalized spacial score (nSPS) is 19.0. The number of aliphatic carboxylic acids is 1. The molecule has 8 bridgehead atoms. The lowest BCUT2D eigenvalue weighted by molar-refractivity contribution is -0.137. The van der Waals surface area contributed by atoms with Gasteiger partial charge >= 0.3 is 5.97 Å². The van der Waals surface area contributed by atoms with Crippen molar-refractivity contribution in [3.63, 3.8) is 0 Å². The molecule has 3 unspecified atom stereocenters. The molecular weight excluding hydrogens is 971 g/mol. The summed E-state index contributed by atoms with van der Waals surface area (Å²) in [5.74, 6) is 7.31. The third-order valence-corrected chi connectivity index (χ3v) is 15.7. The second-order valence-electron chi connectivity index (χ2n) is 20.5. The number of rotatable bonds is 18. The highest BCUT2D eigenvalue weighted by Crippen LogP contribution is 2.47. The van der Waals surface area contributed by atoms with Gasteiger partial charge in [-0.25, -0.2) is 9.97 Å². The summed E-state index contributed by atoms with van der Waals surface area (Å²) in [5, 5.41) is 14.1. The Morgan fingerprint density at radius 3 is 2.38 bits per heavy atom. The van der Waals surface area contributed by atoms with E-state index in [1.54, 1.807) is 14.2 Å². The van der Waals surface area contributed by atoms with Crippen LogP contribution in [0.5, 0.6) is 11.5 Å². The first-order chi connectivity index (χ1) is 37.3. The number of ether oxygens (including phenoxy) is 5. The number of carboxylic acid groups (broad SMARTS) is 1. The predicted octanol–water partition coefficient (Wildman–Crippen LogP) is 11.3. The number of benzene rings is 3. The Labute approximate surface area is 449 Å². The van der Waals surface area contributed by atoms with Crippen LogP contribution in [0.25, 0.3) is 17.0 Å². The lowest BCUT2D eigenvalue weighted by atomic mass is 9.81. The van der Waals surface area contributed by atoms with Crippen LogP contribution in [0.4, 0.5) is 11.5 Å². The summed E-state index contributed by atoms with van der Waals surface area (Å²) in [7, 11) is 3.26. The van der Waals surface area contributed by atoms with Crippen molar-refractivity contribution in [3.05, 3.63) is 146 Å². The number of aromatic nitrogens is 4. The highest BCUT2D eigenvalue weighted by Gasteiger charge is 2.44. The summed E-state index contributed by atoms with van der Waals surface area (Å²) in [6.45, 7) is 14.8. The van der Waals surface area contributed by atoms with Crippen LogP contribution in [0.15, 0.2) is 93.8 Å². The summed E-state index contributed by atoms with van der Waals surface area (Å²) >= 11 is 0. The molecule has 15 heteroatoms. The number of anilines is 2. The van der Waals surface area contributed by atoms with E-state index >= 15 is 0 Å². The second kappa shape index (κ2) is 22.9. The number of carboxylic acids is 1. The highest BCUT2D eigenvalue weighted by molar-refractivity contribution is 6.11. The van der Waals surface area contributed by atoms with Crippen LogP contribution in [0.2, 0.25) is 0 Å². The van der Waals surface area contributed by atoms with Crippen LogP contribution in [-0.2, 0) is 38.5 Å². The molecule has 3 aromatic carbocycles. The van der Waals surface area contributed by atoms with Gasteiger partial charge in [0, 0.05) is 137 Å². The van der Waals surface area contributed by atoms with Gasteiger partial charge in [0.15, 0.2) is 17.3 Å². The van der Waals surface area contributed by atoms with Gasteiger partial charge < -0.3 is 44.1 Å². The van der Waals surface area contributed by atoms with E-state index in [2.05, 4.69) is 89.9 Å². The third kappa shape index (κ3) is 11.0. The Morgan fingerprint density at radius 1 is 0.896 bits per heavy atom. The Kier molecular flexibility index (Phi) is 15.7. The van der Waals surface area contributed by atoms with Crippen molar-refractivity contribution in [2.75, 3.05) is 46.0 Å². The average Bonchev–Trinajstić information content (AvgIpc) is 4.23. The Bertz CT molecular complexity index is 3460. The molecule has 77 heavy (non-hydrogen) atoms. The van der Waals surface area contributed by atoms with Crippen LogP contribution < -0.4 is 14.8 Å². The van der Waals surface area contributed by atoms with Gasteiger partial charge in [-0.3, -0.25) is 19.6 Å². The fourth-order valence-electron chi connectivity index (χ4n) is 11.6. The zero-order chi connectivity index (χ0) is 53.9. The number of allylic oxidation sites excluding steroid dienone is 2. The number of carbonyl (C=O) groups excluding carboxylic acids is 1. The molecule has 0 amide bonds. The molecule has 398 valence electrons. The summed E-state index contributed by atoms with van der Waals surface area (Å²) in [6.07, 6.45) is 6.27. The smallest absolute Gasteiger partial charge is 0.303 e. The van der Waals surface area contributed by atoms with E-state index in [1.165, 1.54) is 17.5 Å². The molecule has 15 nitrogen and oxygen atoms in total. The third-order valence-electron chi connectivity index (χ3n) is 15.7. The van der Waals surface area contributed by atoms with Gasteiger partial charge in [-0.2, -0.15) is 0 Å². The van der Waals surface area contributed by atoms with Gasteiger partial charge in [0.2, 0.25) is 0 Å².